The molecule has 1 aromatic heterocycles. The molecule has 1 saturated heterocycles. The standard InChI is InChI=1S/C14H17N3O2S/c18-9-11-8-17(6-7-19-10-11)14-16-15-13(20-14)12-4-2-1-3-5-12/h1-5,11,18H,6-10H2/t11-/m0/s1. The van der Waals surface area contributed by atoms with Gasteiger partial charge in [-0.3, -0.25) is 0 Å². The third kappa shape index (κ3) is 2.98. The van der Waals surface area contributed by atoms with Crippen molar-refractivity contribution in [1.29, 1.82) is 0 Å². The second kappa shape index (κ2) is 6.30. The van der Waals surface area contributed by atoms with Crippen molar-refractivity contribution in [3.8, 4) is 10.6 Å². The van der Waals surface area contributed by atoms with Gasteiger partial charge in [0, 0.05) is 31.2 Å². The van der Waals surface area contributed by atoms with Crippen LogP contribution < -0.4 is 4.90 Å². The molecule has 0 amide bonds. The molecule has 0 bridgehead atoms. The Kier molecular flexibility index (Phi) is 4.25. The zero-order valence-corrected chi connectivity index (χ0v) is 11.9. The van der Waals surface area contributed by atoms with Crippen molar-refractivity contribution in [1.82, 2.24) is 10.2 Å². The van der Waals surface area contributed by atoms with E-state index in [2.05, 4.69) is 15.1 Å². The molecule has 0 radical (unpaired) electrons. The lowest BCUT2D eigenvalue weighted by molar-refractivity contribution is 0.0959. The van der Waals surface area contributed by atoms with Gasteiger partial charge in [-0.15, -0.1) is 10.2 Å². The number of benzene rings is 1. The fourth-order valence-electron chi connectivity index (χ4n) is 2.21. The SMILES string of the molecule is OC[C@H]1COCCN(c2nnc(-c3ccccc3)s2)C1. The van der Waals surface area contributed by atoms with Crippen molar-refractivity contribution in [2.45, 2.75) is 0 Å². The van der Waals surface area contributed by atoms with Crippen LogP contribution in [-0.2, 0) is 4.74 Å². The van der Waals surface area contributed by atoms with Crippen molar-refractivity contribution >= 4 is 16.5 Å². The van der Waals surface area contributed by atoms with Gasteiger partial charge >= 0.3 is 0 Å². The van der Waals surface area contributed by atoms with Gasteiger partial charge in [-0.1, -0.05) is 41.7 Å². The average Bonchev–Trinajstić information content (AvgIpc) is 2.87. The molecule has 0 saturated carbocycles. The molecule has 0 aliphatic carbocycles. The summed E-state index contributed by atoms with van der Waals surface area (Å²) in [6, 6.07) is 10.1. The van der Waals surface area contributed by atoms with Crippen LogP contribution in [0.2, 0.25) is 0 Å². The summed E-state index contributed by atoms with van der Waals surface area (Å²) < 4.78 is 5.50. The number of aliphatic hydroxyl groups is 1. The highest BCUT2D eigenvalue weighted by molar-refractivity contribution is 7.18. The molecular weight excluding hydrogens is 274 g/mol. The van der Waals surface area contributed by atoms with Crippen molar-refractivity contribution in [3.05, 3.63) is 30.3 Å². The van der Waals surface area contributed by atoms with Gasteiger partial charge < -0.3 is 14.7 Å². The molecule has 1 N–H and O–H groups in total. The van der Waals surface area contributed by atoms with Crippen molar-refractivity contribution in [2.24, 2.45) is 5.92 Å². The minimum Gasteiger partial charge on any atom is -0.396 e. The van der Waals surface area contributed by atoms with Gasteiger partial charge in [0.25, 0.3) is 0 Å². The lowest BCUT2D eigenvalue weighted by Crippen LogP contribution is -2.31. The number of rotatable bonds is 3. The fraction of sp³-hybridized carbons (Fsp3) is 0.429. The molecule has 1 aliphatic heterocycles. The third-order valence-corrected chi connectivity index (χ3v) is 4.33. The van der Waals surface area contributed by atoms with Gasteiger partial charge in [0.15, 0.2) is 0 Å². The Hall–Kier alpha value is -1.50. The molecule has 6 heteroatoms. The highest BCUT2D eigenvalue weighted by atomic mass is 32.1. The first-order valence-electron chi connectivity index (χ1n) is 6.69. The zero-order chi connectivity index (χ0) is 13.8. The Morgan fingerprint density at radius 3 is 2.95 bits per heavy atom. The van der Waals surface area contributed by atoms with E-state index in [-0.39, 0.29) is 12.5 Å². The Labute approximate surface area is 121 Å². The second-order valence-electron chi connectivity index (χ2n) is 4.83. The largest absolute Gasteiger partial charge is 0.396 e. The summed E-state index contributed by atoms with van der Waals surface area (Å²) in [6.07, 6.45) is 0. The number of ether oxygens (including phenoxy) is 1. The number of anilines is 1. The van der Waals surface area contributed by atoms with Crippen LogP contribution in [0.1, 0.15) is 0 Å². The maximum Gasteiger partial charge on any atom is 0.208 e. The Bertz CT molecular complexity index is 546. The first-order chi connectivity index (χ1) is 9.86. The molecule has 5 nitrogen and oxygen atoms in total. The van der Waals surface area contributed by atoms with Crippen LogP contribution >= 0.6 is 11.3 Å². The summed E-state index contributed by atoms with van der Waals surface area (Å²) in [6.45, 7) is 2.97. The van der Waals surface area contributed by atoms with Gasteiger partial charge in [0.1, 0.15) is 5.01 Å². The highest BCUT2D eigenvalue weighted by Crippen LogP contribution is 2.29. The minimum atomic E-state index is 0.140. The third-order valence-electron chi connectivity index (χ3n) is 3.30. The maximum absolute atomic E-state index is 9.32. The van der Waals surface area contributed by atoms with E-state index in [1.165, 1.54) is 0 Å². The smallest absolute Gasteiger partial charge is 0.208 e. The Morgan fingerprint density at radius 2 is 2.15 bits per heavy atom. The highest BCUT2D eigenvalue weighted by Gasteiger charge is 2.21. The van der Waals surface area contributed by atoms with Crippen molar-refractivity contribution in [3.63, 3.8) is 0 Å². The lowest BCUT2D eigenvalue weighted by Gasteiger charge is -2.20. The van der Waals surface area contributed by atoms with Crippen LogP contribution in [0.15, 0.2) is 30.3 Å². The van der Waals surface area contributed by atoms with Gasteiger partial charge in [-0.25, -0.2) is 0 Å². The number of aromatic nitrogens is 2. The molecule has 0 unspecified atom stereocenters. The maximum atomic E-state index is 9.32. The summed E-state index contributed by atoms with van der Waals surface area (Å²) in [5, 5.41) is 19.7. The molecular formula is C14H17N3O2S. The average molecular weight is 291 g/mol. The monoisotopic (exact) mass is 291 g/mol. The predicted octanol–water partition coefficient (Wildman–Crippen LogP) is 1.65. The zero-order valence-electron chi connectivity index (χ0n) is 11.1. The van der Waals surface area contributed by atoms with Crippen molar-refractivity contribution < 1.29 is 9.84 Å². The molecule has 1 fully saturated rings. The van der Waals surface area contributed by atoms with Crippen LogP contribution in [0.5, 0.6) is 0 Å². The molecule has 2 heterocycles. The summed E-state index contributed by atoms with van der Waals surface area (Å²) in [4.78, 5) is 2.15. The van der Waals surface area contributed by atoms with Crippen LogP contribution in [0.3, 0.4) is 0 Å². The Balaban J connectivity index is 1.79. The first kappa shape index (κ1) is 13.5. The molecule has 1 aromatic carbocycles. The van der Waals surface area contributed by atoms with E-state index in [1.807, 2.05) is 30.3 Å². The summed E-state index contributed by atoms with van der Waals surface area (Å²) in [5.74, 6) is 0.140. The second-order valence-corrected chi connectivity index (χ2v) is 5.78. The molecule has 20 heavy (non-hydrogen) atoms. The number of nitrogens with zero attached hydrogens (tertiary/aromatic N) is 3. The van der Waals surface area contributed by atoms with Crippen LogP contribution in [0.25, 0.3) is 10.6 Å². The number of hydrogen-bond acceptors (Lipinski definition) is 6. The molecule has 1 aliphatic rings. The number of hydrogen-bond donors (Lipinski definition) is 1. The van der Waals surface area contributed by atoms with E-state index in [9.17, 15) is 5.11 Å². The van der Waals surface area contributed by atoms with Gasteiger partial charge in [0.2, 0.25) is 5.13 Å². The summed E-state index contributed by atoms with van der Waals surface area (Å²) in [5.41, 5.74) is 1.08. The van der Waals surface area contributed by atoms with Gasteiger partial charge in [-0.05, 0) is 0 Å². The van der Waals surface area contributed by atoms with Crippen LogP contribution in [0, 0.1) is 5.92 Å². The van der Waals surface area contributed by atoms with Crippen LogP contribution in [-0.4, -0.2) is 48.2 Å². The van der Waals surface area contributed by atoms with E-state index in [0.717, 1.165) is 28.8 Å². The summed E-state index contributed by atoms with van der Waals surface area (Å²) in [7, 11) is 0. The molecule has 106 valence electrons. The van der Waals surface area contributed by atoms with E-state index in [1.54, 1.807) is 11.3 Å². The first-order valence-corrected chi connectivity index (χ1v) is 7.51. The van der Waals surface area contributed by atoms with E-state index < -0.39 is 0 Å². The van der Waals surface area contributed by atoms with E-state index in [0.29, 0.717) is 13.2 Å². The quantitative estimate of drug-likeness (QED) is 0.932. The predicted molar refractivity (Wildman–Crippen MR) is 79.0 cm³/mol. The topological polar surface area (TPSA) is 58.5 Å². The molecule has 0 spiro atoms. The van der Waals surface area contributed by atoms with Crippen molar-refractivity contribution in [2.75, 3.05) is 37.8 Å². The molecule has 2 aromatic rings. The van der Waals surface area contributed by atoms with E-state index in [4.69, 9.17) is 4.74 Å². The minimum absolute atomic E-state index is 0.140. The Morgan fingerprint density at radius 1 is 1.30 bits per heavy atom. The fourth-order valence-corrected chi connectivity index (χ4v) is 3.09. The molecule has 3 rings (SSSR count). The van der Waals surface area contributed by atoms with E-state index >= 15 is 0 Å². The normalized spacial score (nSPS) is 19.9. The molecule has 1 atom stereocenters. The summed E-state index contributed by atoms with van der Waals surface area (Å²) >= 11 is 1.58. The van der Waals surface area contributed by atoms with Gasteiger partial charge in [0.05, 0.1) is 13.2 Å². The van der Waals surface area contributed by atoms with Crippen LogP contribution in [0.4, 0.5) is 5.13 Å². The lowest BCUT2D eigenvalue weighted by atomic mass is 10.2. The number of aliphatic hydroxyl groups excluding tert-OH is 1. The van der Waals surface area contributed by atoms with Gasteiger partial charge in [-0.2, -0.15) is 0 Å².